The number of anilines is 1. The summed E-state index contributed by atoms with van der Waals surface area (Å²) in [5.41, 5.74) is 2.48. The summed E-state index contributed by atoms with van der Waals surface area (Å²) in [7, 11) is 7.15. The fourth-order valence-electron chi connectivity index (χ4n) is 4.59. The first-order chi connectivity index (χ1) is 19.4. The predicted octanol–water partition coefficient (Wildman–Crippen LogP) is 2.44. The van der Waals surface area contributed by atoms with Crippen molar-refractivity contribution >= 4 is 17.6 Å². The molecular weight excluding hydrogens is 508 g/mol. The molecule has 40 heavy (non-hydrogen) atoms. The first-order valence-corrected chi connectivity index (χ1v) is 13.4. The number of likely N-dealkylation sites (N-methyl/N-ethyl adjacent to an activating group) is 1. The average molecular weight is 547 g/mol. The van der Waals surface area contributed by atoms with Gasteiger partial charge in [-0.2, -0.15) is 0 Å². The third-order valence-corrected chi connectivity index (χ3v) is 6.99. The van der Waals surface area contributed by atoms with Crippen molar-refractivity contribution in [3.63, 3.8) is 0 Å². The van der Waals surface area contributed by atoms with Crippen LogP contribution in [0.3, 0.4) is 0 Å². The summed E-state index contributed by atoms with van der Waals surface area (Å²) in [5, 5.41) is 8.88. The number of ether oxygens (including phenoxy) is 2. The SMILES string of the molecule is COc1ccc(-c2ccc(N3CCN(C(=O)CN(CCN(C)C)C(=O)Cc4ccccc4)CC3)nn2)c(OC)c1. The summed E-state index contributed by atoms with van der Waals surface area (Å²) in [6, 6.07) is 19.1. The molecule has 0 N–H and O–H groups in total. The molecule has 0 spiro atoms. The standard InChI is InChI=1S/C30H38N6O4/c1-33(2)14-15-36(29(37)20-23-8-6-5-7-9-23)22-30(38)35-18-16-34(17-19-35)28-13-12-26(31-32-28)25-11-10-24(39-3)21-27(25)40-4/h5-13,21H,14-20,22H2,1-4H3. The van der Waals surface area contributed by atoms with Crippen LogP contribution < -0.4 is 14.4 Å². The van der Waals surface area contributed by atoms with Crippen molar-refractivity contribution in [3.05, 3.63) is 66.2 Å². The van der Waals surface area contributed by atoms with Crippen LogP contribution in [-0.4, -0.2) is 111 Å². The van der Waals surface area contributed by atoms with Crippen LogP contribution in [-0.2, 0) is 16.0 Å². The van der Waals surface area contributed by atoms with E-state index < -0.39 is 0 Å². The molecule has 0 atom stereocenters. The van der Waals surface area contributed by atoms with Gasteiger partial charge in [0.05, 0.1) is 32.9 Å². The minimum Gasteiger partial charge on any atom is -0.497 e. The third-order valence-electron chi connectivity index (χ3n) is 6.99. The van der Waals surface area contributed by atoms with Crippen LogP contribution in [0.4, 0.5) is 5.82 Å². The Morgan fingerprint density at radius 3 is 2.25 bits per heavy atom. The number of amides is 2. The van der Waals surface area contributed by atoms with Crippen molar-refractivity contribution in [2.75, 3.05) is 79.0 Å². The molecule has 1 fully saturated rings. The Morgan fingerprint density at radius 1 is 0.875 bits per heavy atom. The number of methoxy groups -OCH3 is 2. The molecule has 1 aliphatic heterocycles. The van der Waals surface area contributed by atoms with Crippen molar-refractivity contribution in [3.8, 4) is 22.8 Å². The monoisotopic (exact) mass is 546 g/mol. The van der Waals surface area contributed by atoms with E-state index in [4.69, 9.17) is 9.47 Å². The second kappa shape index (κ2) is 13.7. The molecule has 2 heterocycles. The second-order valence-electron chi connectivity index (χ2n) is 9.99. The number of nitrogens with zero attached hydrogens (tertiary/aromatic N) is 6. The molecule has 1 aliphatic rings. The number of carbonyl (C=O) groups excluding carboxylic acids is 2. The molecular formula is C30H38N6O4. The summed E-state index contributed by atoms with van der Waals surface area (Å²) in [6.07, 6.45) is 0.284. The van der Waals surface area contributed by atoms with Gasteiger partial charge in [-0.15, -0.1) is 10.2 Å². The zero-order chi connectivity index (χ0) is 28.5. The summed E-state index contributed by atoms with van der Waals surface area (Å²) in [5.74, 6) is 2.06. The highest BCUT2D eigenvalue weighted by atomic mass is 16.5. The van der Waals surface area contributed by atoms with E-state index in [0.717, 1.165) is 16.9 Å². The smallest absolute Gasteiger partial charge is 0.242 e. The molecule has 0 saturated carbocycles. The van der Waals surface area contributed by atoms with Crippen LogP contribution in [0.5, 0.6) is 11.5 Å². The maximum atomic E-state index is 13.2. The fraction of sp³-hybridized carbons (Fsp3) is 0.400. The minimum atomic E-state index is -0.0381. The number of benzene rings is 2. The topological polar surface area (TPSA) is 91.3 Å². The van der Waals surface area contributed by atoms with E-state index in [-0.39, 0.29) is 24.8 Å². The van der Waals surface area contributed by atoms with E-state index in [1.807, 2.05) is 84.6 Å². The van der Waals surface area contributed by atoms with E-state index in [0.29, 0.717) is 56.5 Å². The first kappa shape index (κ1) is 28.8. The Bertz CT molecular complexity index is 1260. The highest BCUT2D eigenvalue weighted by molar-refractivity contribution is 5.86. The van der Waals surface area contributed by atoms with E-state index in [2.05, 4.69) is 15.1 Å². The van der Waals surface area contributed by atoms with E-state index in [1.54, 1.807) is 19.1 Å². The quantitative estimate of drug-likeness (QED) is 0.362. The lowest BCUT2D eigenvalue weighted by molar-refractivity contribution is -0.140. The van der Waals surface area contributed by atoms with Crippen LogP contribution in [0.1, 0.15) is 5.56 Å². The molecule has 1 saturated heterocycles. The van der Waals surface area contributed by atoms with Gasteiger partial charge in [0.2, 0.25) is 11.8 Å². The summed E-state index contributed by atoms with van der Waals surface area (Å²) in [6.45, 7) is 3.68. The zero-order valence-electron chi connectivity index (χ0n) is 23.7. The Morgan fingerprint density at radius 2 is 1.62 bits per heavy atom. The number of piperazine rings is 1. The maximum absolute atomic E-state index is 13.2. The van der Waals surface area contributed by atoms with Gasteiger partial charge in [-0.25, -0.2) is 0 Å². The third kappa shape index (κ3) is 7.47. The fourth-order valence-corrected chi connectivity index (χ4v) is 4.59. The van der Waals surface area contributed by atoms with Crippen LogP contribution in [0.15, 0.2) is 60.7 Å². The lowest BCUT2D eigenvalue weighted by Gasteiger charge is -2.36. The van der Waals surface area contributed by atoms with Gasteiger partial charge in [0, 0.05) is 50.9 Å². The normalized spacial score (nSPS) is 13.3. The Hall–Kier alpha value is -4.18. The molecule has 212 valence electrons. The van der Waals surface area contributed by atoms with E-state index in [9.17, 15) is 9.59 Å². The van der Waals surface area contributed by atoms with Crippen LogP contribution in [0.2, 0.25) is 0 Å². The molecule has 2 amide bonds. The lowest BCUT2D eigenvalue weighted by atomic mass is 10.1. The number of carbonyl (C=O) groups is 2. The molecule has 0 radical (unpaired) electrons. The van der Waals surface area contributed by atoms with Crippen molar-refractivity contribution in [2.24, 2.45) is 0 Å². The van der Waals surface area contributed by atoms with Crippen LogP contribution >= 0.6 is 0 Å². The number of rotatable bonds is 11. The van der Waals surface area contributed by atoms with E-state index >= 15 is 0 Å². The molecule has 0 unspecified atom stereocenters. The maximum Gasteiger partial charge on any atom is 0.242 e. The van der Waals surface area contributed by atoms with Gasteiger partial charge in [0.25, 0.3) is 0 Å². The van der Waals surface area contributed by atoms with Gasteiger partial charge < -0.3 is 29.1 Å². The van der Waals surface area contributed by atoms with Crippen LogP contribution in [0.25, 0.3) is 11.3 Å². The summed E-state index contributed by atoms with van der Waals surface area (Å²) in [4.78, 5) is 33.9. The molecule has 2 aromatic carbocycles. The predicted molar refractivity (Wildman–Crippen MR) is 155 cm³/mol. The Balaban J connectivity index is 1.34. The van der Waals surface area contributed by atoms with Crippen molar-refractivity contribution < 1.29 is 19.1 Å². The largest absolute Gasteiger partial charge is 0.497 e. The van der Waals surface area contributed by atoms with Gasteiger partial charge in [-0.05, 0) is 43.9 Å². The molecule has 0 bridgehead atoms. The van der Waals surface area contributed by atoms with Crippen molar-refractivity contribution in [1.29, 1.82) is 0 Å². The highest BCUT2D eigenvalue weighted by Gasteiger charge is 2.25. The van der Waals surface area contributed by atoms with Crippen molar-refractivity contribution in [1.82, 2.24) is 24.9 Å². The first-order valence-electron chi connectivity index (χ1n) is 13.4. The Labute approximate surface area is 236 Å². The van der Waals surface area contributed by atoms with Gasteiger partial charge in [-0.1, -0.05) is 30.3 Å². The second-order valence-corrected chi connectivity index (χ2v) is 9.99. The molecule has 3 aromatic rings. The highest BCUT2D eigenvalue weighted by Crippen LogP contribution is 2.32. The average Bonchev–Trinajstić information content (AvgIpc) is 2.99. The lowest BCUT2D eigenvalue weighted by Crippen LogP contribution is -2.52. The molecule has 10 nitrogen and oxygen atoms in total. The van der Waals surface area contributed by atoms with E-state index in [1.165, 1.54) is 0 Å². The molecule has 10 heteroatoms. The van der Waals surface area contributed by atoms with Crippen molar-refractivity contribution in [2.45, 2.75) is 6.42 Å². The molecule has 1 aromatic heterocycles. The summed E-state index contributed by atoms with van der Waals surface area (Å²) >= 11 is 0. The zero-order valence-corrected chi connectivity index (χ0v) is 23.7. The number of hydrogen-bond acceptors (Lipinski definition) is 8. The summed E-state index contributed by atoms with van der Waals surface area (Å²) < 4.78 is 10.8. The number of aromatic nitrogens is 2. The molecule has 4 rings (SSSR count). The minimum absolute atomic E-state index is 0.0344. The van der Waals surface area contributed by atoms with Crippen LogP contribution in [0, 0.1) is 0 Å². The van der Waals surface area contributed by atoms with Gasteiger partial charge in [-0.3, -0.25) is 9.59 Å². The van der Waals surface area contributed by atoms with Gasteiger partial charge >= 0.3 is 0 Å². The molecule has 0 aliphatic carbocycles. The van der Waals surface area contributed by atoms with Gasteiger partial charge in [0.15, 0.2) is 5.82 Å². The number of hydrogen-bond donors (Lipinski definition) is 0. The Kier molecular flexibility index (Phi) is 9.91. The van der Waals surface area contributed by atoms with Gasteiger partial charge in [0.1, 0.15) is 11.5 Å².